The molecule has 0 fully saturated rings. The van der Waals surface area contributed by atoms with Crippen LogP contribution < -0.4 is 15.8 Å². The molecule has 0 spiro atoms. The van der Waals surface area contributed by atoms with Crippen molar-refractivity contribution in [2.24, 2.45) is 14.1 Å². The first-order valence-electron chi connectivity index (χ1n) is 14.7. The first kappa shape index (κ1) is 28.5. The lowest BCUT2D eigenvalue weighted by Crippen LogP contribution is -2.37. The second-order valence-electron chi connectivity index (χ2n) is 11.2. The molecule has 1 amide bonds. The summed E-state index contributed by atoms with van der Waals surface area (Å²) in [5, 5.41) is 14.0. The minimum atomic E-state index is -0.228. The summed E-state index contributed by atoms with van der Waals surface area (Å²) in [6.45, 7) is 2.92. The molecular formula is C33H38N4O4S. The molecule has 6 rings (SSSR count). The molecule has 4 aromatic rings. The van der Waals surface area contributed by atoms with Gasteiger partial charge in [0.05, 0.1) is 29.5 Å². The third-order valence-corrected chi connectivity index (χ3v) is 10.1. The summed E-state index contributed by atoms with van der Waals surface area (Å²) < 4.78 is 9.02. The van der Waals surface area contributed by atoms with Crippen molar-refractivity contribution in [1.82, 2.24) is 9.13 Å². The lowest BCUT2D eigenvalue weighted by Gasteiger charge is -2.30. The van der Waals surface area contributed by atoms with Crippen molar-refractivity contribution in [1.29, 1.82) is 0 Å². The quantitative estimate of drug-likeness (QED) is 0.286. The molecule has 4 heterocycles. The number of nitrogens with zero attached hydrogens (tertiary/aromatic N) is 3. The van der Waals surface area contributed by atoms with Gasteiger partial charge in [-0.05, 0) is 73.4 Å². The van der Waals surface area contributed by atoms with Gasteiger partial charge in [0.15, 0.2) is 0 Å². The van der Waals surface area contributed by atoms with Gasteiger partial charge in [-0.1, -0.05) is 19.1 Å². The topological polar surface area (TPSA) is 88.7 Å². The number of hydrogen-bond donors (Lipinski definition) is 2. The van der Waals surface area contributed by atoms with Gasteiger partial charge in [0, 0.05) is 61.3 Å². The van der Waals surface area contributed by atoms with E-state index >= 15 is 0 Å². The fourth-order valence-electron chi connectivity index (χ4n) is 6.63. The van der Waals surface area contributed by atoms with Gasteiger partial charge >= 0.3 is 0 Å². The summed E-state index contributed by atoms with van der Waals surface area (Å²) in [7, 11) is 5.40. The van der Waals surface area contributed by atoms with E-state index < -0.39 is 0 Å². The number of hydrogen-bond acceptors (Lipinski definition) is 6. The van der Waals surface area contributed by atoms with E-state index in [1.54, 1.807) is 36.3 Å². The number of amides is 1. The summed E-state index contributed by atoms with van der Waals surface area (Å²) in [5.74, 6) is 0.0216. The minimum absolute atomic E-state index is 0.0216. The molecule has 0 bridgehead atoms. The maximum Gasteiger partial charge on any atom is 0.274 e. The third kappa shape index (κ3) is 4.79. The normalized spacial score (nSPS) is 14.7. The molecule has 8 nitrogen and oxygen atoms in total. The summed E-state index contributed by atoms with van der Waals surface area (Å²) in [5.41, 5.74) is 8.88. The first-order valence-corrected chi connectivity index (χ1v) is 15.5. The molecule has 0 atom stereocenters. The highest BCUT2D eigenvalue weighted by molar-refractivity contribution is 7.14. The average molecular weight is 587 g/mol. The zero-order valence-electron chi connectivity index (χ0n) is 24.7. The molecule has 2 N–H and O–H groups in total. The molecule has 9 heteroatoms. The zero-order valence-corrected chi connectivity index (χ0v) is 25.6. The van der Waals surface area contributed by atoms with Gasteiger partial charge in [0.2, 0.25) is 0 Å². The van der Waals surface area contributed by atoms with Crippen LogP contribution in [0.25, 0.3) is 11.1 Å². The van der Waals surface area contributed by atoms with E-state index in [1.807, 2.05) is 42.3 Å². The smallest absolute Gasteiger partial charge is 0.274 e. The summed E-state index contributed by atoms with van der Waals surface area (Å²) in [6.07, 6.45) is 7.94. The maximum absolute atomic E-state index is 13.8. The van der Waals surface area contributed by atoms with Crippen LogP contribution in [-0.2, 0) is 57.7 Å². The molecule has 2 aliphatic rings. The Labute approximate surface area is 250 Å². The van der Waals surface area contributed by atoms with Crippen LogP contribution in [0.5, 0.6) is 0 Å². The number of thiophene rings is 1. The Morgan fingerprint density at radius 3 is 2.62 bits per heavy atom. The molecule has 0 radical (unpaired) electrons. The highest BCUT2D eigenvalue weighted by Crippen LogP contribution is 2.40. The van der Waals surface area contributed by atoms with Gasteiger partial charge in [-0.3, -0.25) is 9.59 Å². The predicted octanol–water partition coefficient (Wildman–Crippen LogP) is 5.48. The Balaban J connectivity index is 1.38. The molecule has 0 saturated carbocycles. The Morgan fingerprint density at radius 1 is 1.05 bits per heavy atom. The summed E-state index contributed by atoms with van der Waals surface area (Å²) >= 11 is 1.66. The van der Waals surface area contributed by atoms with Gasteiger partial charge in [-0.15, -0.1) is 11.3 Å². The van der Waals surface area contributed by atoms with Crippen LogP contribution >= 0.6 is 11.3 Å². The molecule has 0 saturated heterocycles. The molecular weight excluding hydrogens is 548 g/mol. The highest BCUT2D eigenvalue weighted by Gasteiger charge is 2.33. The van der Waals surface area contributed by atoms with Crippen molar-refractivity contribution in [3.63, 3.8) is 0 Å². The second kappa shape index (κ2) is 11.6. The van der Waals surface area contributed by atoms with Crippen LogP contribution in [0.1, 0.15) is 62.4 Å². The highest BCUT2D eigenvalue weighted by atomic mass is 32.1. The number of benzene rings is 1. The zero-order chi connectivity index (χ0) is 29.5. The van der Waals surface area contributed by atoms with Crippen molar-refractivity contribution >= 4 is 34.3 Å². The van der Waals surface area contributed by atoms with Crippen LogP contribution in [-0.4, -0.2) is 33.8 Å². The van der Waals surface area contributed by atoms with Gasteiger partial charge in [0.1, 0.15) is 5.69 Å². The fraction of sp³-hybridized carbons (Fsp3) is 0.394. The number of aromatic nitrogens is 2. The van der Waals surface area contributed by atoms with Crippen molar-refractivity contribution in [3.8, 4) is 11.1 Å². The number of fused-ring (bicyclic) bond motifs is 3. The van der Waals surface area contributed by atoms with Gasteiger partial charge in [0.25, 0.3) is 11.5 Å². The number of aliphatic hydroxyl groups excluding tert-OH is 1. The van der Waals surface area contributed by atoms with Crippen LogP contribution in [0.3, 0.4) is 0 Å². The number of carbonyl (C=O) groups excluding carboxylic acids is 1. The number of aliphatic hydroxyl groups is 1. The van der Waals surface area contributed by atoms with E-state index in [1.165, 1.54) is 28.8 Å². The van der Waals surface area contributed by atoms with Crippen molar-refractivity contribution in [3.05, 3.63) is 84.7 Å². The first-order chi connectivity index (χ1) is 20.4. The number of rotatable bonds is 8. The van der Waals surface area contributed by atoms with E-state index in [9.17, 15) is 14.7 Å². The molecule has 1 aliphatic heterocycles. The largest absolute Gasteiger partial charge is 0.392 e. The average Bonchev–Trinajstić information content (AvgIpc) is 3.52. The monoisotopic (exact) mass is 586 g/mol. The van der Waals surface area contributed by atoms with Crippen LogP contribution in [0, 0.1) is 0 Å². The molecule has 3 aromatic heterocycles. The number of aryl methyl sites for hydroxylation is 2. The number of pyridine rings is 1. The molecule has 220 valence electrons. The lowest BCUT2D eigenvalue weighted by molar-refractivity contribution is 0.0984. The Bertz CT molecular complexity index is 1730. The number of nitrogens with one attached hydrogen (secondary N) is 1. The van der Waals surface area contributed by atoms with Crippen LogP contribution in [0.4, 0.5) is 17.1 Å². The number of methoxy groups -OCH3 is 1. The van der Waals surface area contributed by atoms with Crippen molar-refractivity contribution < 1.29 is 14.6 Å². The fourth-order valence-corrected chi connectivity index (χ4v) is 8.01. The van der Waals surface area contributed by atoms with E-state index in [0.29, 0.717) is 24.4 Å². The molecule has 1 aromatic carbocycles. The number of carbonyl (C=O) groups is 1. The lowest BCUT2D eigenvalue weighted by atomic mass is 9.91. The van der Waals surface area contributed by atoms with Crippen molar-refractivity contribution in [2.75, 3.05) is 23.9 Å². The van der Waals surface area contributed by atoms with Gasteiger partial charge in [-0.2, -0.15) is 0 Å². The van der Waals surface area contributed by atoms with Crippen molar-refractivity contribution in [2.45, 2.75) is 58.7 Å². The standard InChI is InChI=1S/C33H38N4O4S/c1-5-28-26(16-21(19-41-4)36(28)3)34-27-15-20(17-35(2)32(27)39)22-10-8-11-29(25(22)18-38)37-14-13-24-23-9-6-7-12-30(23)42-31(24)33(37)40/h8,10-11,15-17,34,38H,5-7,9,12-14,18-19H2,1-4H3. The van der Waals surface area contributed by atoms with Crippen LogP contribution in [0.2, 0.25) is 0 Å². The molecule has 1 aliphatic carbocycles. The second-order valence-corrected chi connectivity index (χ2v) is 12.3. The third-order valence-electron chi connectivity index (χ3n) is 8.75. The van der Waals surface area contributed by atoms with Crippen LogP contribution in [0.15, 0.2) is 41.3 Å². The SMILES string of the molecule is CCc1c(Nc2cc(-c3cccc(N4CCc5c(sc6c5CCCC6)C4=O)c3CO)cn(C)c2=O)cc(COC)n1C. The molecule has 0 unspecified atom stereocenters. The van der Waals surface area contributed by atoms with E-state index in [2.05, 4.69) is 16.8 Å². The Kier molecular flexibility index (Phi) is 7.83. The summed E-state index contributed by atoms with van der Waals surface area (Å²) in [4.78, 5) is 31.2. The maximum atomic E-state index is 13.8. The van der Waals surface area contributed by atoms with E-state index in [4.69, 9.17) is 4.74 Å². The number of anilines is 3. The molecule has 42 heavy (non-hydrogen) atoms. The van der Waals surface area contributed by atoms with Gasteiger partial charge in [-0.25, -0.2) is 0 Å². The van der Waals surface area contributed by atoms with Gasteiger partial charge < -0.3 is 29.2 Å². The Hall–Kier alpha value is -3.66. The Morgan fingerprint density at radius 2 is 1.86 bits per heavy atom. The summed E-state index contributed by atoms with van der Waals surface area (Å²) in [6, 6.07) is 9.65. The number of ether oxygens (including phenoxy) is 1. The van der Waals surface area contributed by atoms with E-state index in [0.717, 1.165) is 64.4 Å². The predicted molar refractivity (Wildman–Crippen MR) is 168 cm³/mol. The minimum Gasteiger partial charge on any atom is -0.392 e. The van der Waals surface area contributed by atoms with E-state index in [-0.39, 0.29) is 18.1 Å².